The van der Waals surface area contributed by atoms with Crippen LogP contribution in [0.25, 0.3) is 33.6 Å². The highest BCUT2D eigenvalue weighted by molar-refractivity contribution is 5.94. The number of morpholine rings is 1. The van der Waals surface area contributed by atoms with Crippen LogP contribution in [0.3, 0.4) is 0 Å². The fourth-order valence-corrected chi connectivity index (χ4v) is 7.10. The van der Waals surface area contributed by atoms with E-state index in [9.17, 15) is 18.4 Å². The number of anilines is 2. The van der Waals surface area contributed by atoms with E-state index in [1.54, 1.807) is 48.0 Å². The van der Waals surface area contributed by atoms with Crippen molar-refractivity contribution in [3.05, 3.63) is 102 Å². The van der Waals surface area contributed by atoms with Crippen LogP contribution >= 0.6 is 0 Å². The Morgan fingerprint density at radius 1 is 0.961 bits per heavy atom. The van der Waals surface area contributed by atoms with E-state index in [1.165, 1.54) is 4.57 Å². The number of halogens is 2. The molecule has 1 saturated heterocycles. The molecule has 2 amide bonds. The van der Waals surface area contributed by atoms with Crippen LogP contribution in [-0.2, 0) is 22.5 Å². The van der Waals surface area contributed by atoms with Gasteiger partial charge in [-0.15, -0.1) is 0 Å². The molecule has 0 aliphatic carbocycles. The topological polar surface area (TPSA) is 110 Å². The summed E-state index contributed by atoms with van der Waals surface area (Å²) in [7, 11) is 0. The maximum Gasteiger partial charge on any atom is 0.296 e. The van der Waals surface area contributed by atoms with Crippen molar-refractivity contribution in [1.29, 1.82) is 0 Å². The molecule has 3 aromatic carbocycles. The maximum atomic E-state index is 14.3. The number of nitrogens with one attached hydrogen (secondary N) is 1. The van der Waals surface area contributed by atoms with Gasteiger partial charge in [-0.05, 0) is 66.3 Å². The molecular weight excluding hydrogens is 654 g/mol. The molecule has 6 aromatic rings. The van der Waals surface area contributed by atoms with Crippen LogP contribution < -0.4 is 15.1 Å². The molecule has 8 rings (SSSR count). The van der Waals surface area contributed by atoms with Gasteiger partial charge < -0.3 is 19.9 Å². The number of benzene rings is 3. The van der Waals surface area contributed by atoms with Crippen molar-refractivity contribution in [3.8, 4) is 16.9 Å². The molecule has 51 heavy (non-hydrogen) atoms. The standard InChI is InChI=1S/C38H36F2N8O3/c1-23-7-10-28-19-27(13-14-31(28)47(23)24(2)49)26-11-8-25(9-12-26)20-41-38(50)30-21-46-22-33(44-37(36(46)43-30)45-15-17-51-18-16-45)48-32-6-4-3-5-29(32)42-35(48)34(39)40/h3-6,8-9,11-14,19,21-23,34H,7,10,15-18,20H2,1-2H3,(H,41,50)/t23-/m0/s1. The number of rotatable bonds is 7. The predicted molar refractivity (Wildman–Crippen MR) is 190 cm³/mol. The lowest BCUT2D eigenvalue weighted by Gasteiger charge is -2.34. The number of hydrogen-bond donors (Lipinski definition) is 1. The van der Waals surface area contributed by atoms with E-state index in [1.807, 2.05) is 46.2 Å². The first-order valence-corrected chi connectivity index (χ1v) is 17.0. The second-order valence-corrected chi connectivity index (χ2v) is 13.0. The minimum absolute atomic E-state index is 0.0527. The number of alkyl halides is 2. The van der Waals surface area contributed by atoms with Gasteiger partial charge in [0.1, 0.15) is 5.69 Å². The van der Waals surface area contributed by atoms with E-state index in [4.69, 9.17) is 9.72 Å². The van der Waals surface area contributed by atoms with Crippen LogP contribution in [0, 0.1) is 0 Å². The highest BCUT2D eigenvalue weighted by atomic mass is 19.3. The summed E-state index contributed by atoms with van der Waals surface area (Å²) in [6.07, 6.45) is 2.20. The third kappa shape index (κ3) is 6.07. The van der Waals surface area contributed by atoms with E-state index >= 15 is 0 Å². The summed E-state index contributed by atoms with van der Waals surface area (Å²) in [5.41, 5.74) is 6.70. The molecule has 13 heteroatoms. The Kier molecular flexibility index (Phi) is 8.42. The van der Waals surface area contributed by atoms with E-state index in [0.29, 0.717) is 48.8 Å². The van der Waals surface area contributed by atoms with Gasteiger partial charge in [-0.2, -0.15) is 0 Å². The number of carbonyl (C=O) groups is 2. The van der Waals surface area contributed by atoms with E-state index in [2.05, 4.69) is 28.3 Å². The Morgan fingerprint density at radius 2 is 1.73 bits per heavy atom. The summed E-state index contributed by atoms with van der Waals surface area (Å²) >= 11 is 0. The summed E-state index contributed by atoms with van der Waals surface area (Å²) in [6, 6.07) is 21.3. The fourth-order valence-electron chi connectivity index (χ4n) is 7.10. The van der Waals surface area contributed by atoms with Gasteiger partial charge in [-0.25, -0.2) is 23.7 Å². The smallest absolute Gasteiger partial charge is 0.296 e. The van der Waals surface area contributed by atoms with Crippen molar-refractivity contribution in [2.45, 2.75) is 45.7 Å². The largest absolute Gasteiger partial charge is 0.378 e. The molecular formula is C38H36F2N8O3. The first-order valence-electron chi connectivity index (χ1n) is 17.0. The predicted octanol–water partition coefficient (Wildman–Crippen LogP) is 6.13. The molecule has 11 nitrogen and oxygen atoms in total. The van der Waals surface area contributed by atoms with Crippen LogP contribution in [0.1, 0.15) is 54.1 Å². The molecule has 0 saturated carbocycles. The number of para-hydroxylation sites is 2. The van der Waals surface area contributed by atoms with Crippen LogP contribution in [0.15, 0.2) is 79.1 Å². The van der Waals surface area contributed by atoms with Crippen molar-refractivity contribution in [2.24, 2.45) is 0 Å². The number of imidazole rings is 2. The summed E-state index contributed by atoms with van der Waals surface area (Å²) in [6.45, 7) is 5.99. The van der Waals surface area contributed by atoms with E-state index in [-0.39, 0.29) is 35.9 Å². The van der Waals surface area contributed by atoms with Crippen LogP contribution in [0.2, 0.25) is 0 Å². The van der Waals surface area contributed by atoms with Gasteiger partial charge in [0.2, 0.25) is 5.91 Å². The Bertz CT molecular complexity index is 2280. The number of aryl methyl sites for hydroxylation is 1. The lowest BCUT2D eigenvalue weighted by molar-refractivity contribution is -0.117. The Balaban J connectivity index is 1.05. The molecule has 0 spiro atoms. The monoisotopic (exact) mass is 690 g/mol. The van der Waals surface area contributed by atoms with Gasteiger partial charge in [0, 0.05) is 44.5 Å². The van der Waals surface area contributed by atoms with Crippen molar-refractivity contribution < 1.29 is 23.1 Å². The van der Waals surface area contributed by atoms with E-state index < -0.39 is 12.2 Å². The minimum Gasteiger partial charge on any atom is -0.378 e. The van der Waals surface area contributed by atoms with Gasteiger partial charge in [0.25, 0.3) is 12.3 Å². The molecule has 0 unspecified atom stereocenters. The average Bonchev–Trinajstić information content (AvgIpc) is 3.76. The molecule has 1 fully saturated rings. The highest BCUT2D eigenvalue weighted by Gasteiger charge is 2.27. The number of hydrogen-bond acceptors (Lipinski definition) is 7. The fraction of sp³-hybridized carbons (Fsp3) is 0.289. The number of amides is 2. The van der Waals surface area contributed by atoms with Gasteiger partial charge in [0.05, 0.1) is 30.4 Å². The van der Waals surface area contributed by atoms with Crippen LogP contribution in [-0.4, -0.2) is 68.1 Å². The third-order valence-electron chi connectivity index (χ3n) is 9.65. The summed E-state index contributed by atoms with van der Waals surface area (Å²) in [5.74, 6) is -0.0356. The Hall–Kier alpha value is -5.69. The van der Waals surface area contributed by atoms with Crippen molar-refractivity contribution in [1.82, 2.24) is 29.2 Å². The quantitative estimate of drug-likeness (QED) is 0.215. The molecule has 1 atom stereocenters. The lowest BCUT2D eigenvalue weighted by Crippen LogP contribution is -2.40. The molecule has 3 aromatic heterocycles. The van der Waals surface area contributed by atoms with Crippen LogP contribution in [0.5, 0.6) is 0 Å². The van der Waals surface area contributed by atoms with Crippen LogP contribution in [0.4, 0.5) is 20.3 Å². The molecule has 0 radical (unpaired) electrons. The number of carbonyl (C=O) groups excluding carboxylic acids is 2. The van der Waals surface area contributed by atoms with Gasteiger partial charge >= 0.3 is 0 Å². The first kappa shape index (κ1) is 32.5. The summed E-state index contributed by atoms with van der Waals surface area (Å²) < 4.78 is 37.1. The van der Waals surface area contributed by atoms with Gasteiger partial charge in [-0.1, -0.05) is 42.5 Å². The normalized spacial score (nSPS) is 16.2. The maximum absolute atomic E-state index is 14.3. The Morgan fingerprint density at radius 3 is 2.49 bits per heavy atom. The lowest BCUT2D eigenvalue weighted by atomic mass is 9.93. The summed E-state index contributed by atoms with van der Waals surface area (Å²) in [5, 5.41) is 2.96. The van der Waals surface area contributed by atoms with E-state index in [0.717, 1.165) is 40.8 Å². The zero-order chi connectivity index (χ0) is 35.2. The van der Waals surface area contributed by atoms with Crippen molar-refractivity contribution >= 4 is 40.0 Å². The second-order valence-electron chi connectivity index (χ2n) is 13.0. The second kappa shape index (κ2) is 13.2. The third-order valence-corrected chi connectivity index (χ3v) is 9.65. The number of fused-ring (bicyclic) bond motifs is 3. The highest BCUT2D eigenvalue weighted by Crippen LogP contribution is 2.35. The zero-order valence-corrected chi connectivity index (χ0v) is 28.2. The molecule has 1 N–H and O–H groups in total. The first-order chi connectivity index (χ1) is 24.7. The Labute approximate surface area is 292 Å². The van der Waals surface area contributed by atoms with Crippen molar-refractivity contribution in [2.75, 3.05) is 36.1 Å². The molecule has 2 aliphatic rings. The number of nitrogens with zero attached hydrogens (tertiary/aromatic N) is 7. The number of aromatic nitrogens is 5. The average molecular weight is 691 g/mol. The summed E-state index contributed by atoms with van der Waals surface area (Å²) in [4.78, 5) is 43.3. The van der Waals surface area contributed by atoms with Crippen molar-refractivity contribution in [3.63, 3.8) is 0 Å². The van der Waals surface area contributed by atoms with Gasteiger partial charge in [-0.3, -0.25) is 18.6 Å². The number of ether oxygens (including phenoxy) is 1. The molecule has 260 valence electrons. The zero-order valence-electron chi connectivity index (χ0n) is 28.2. The molecule has 5 heterocycles. The molecule has 0 bridgehead atoms. The minimum atomic E-state index is -2.83. The molecule has 2 aliphatic heterocycles. The van der Waals surface area contributed by atoms with Gasteiger partial charge in [0.15, 0.2) is 23.1 Å². The SMILES string of the molecule is CC(=O)N1c2ccc(-c3ccc(CNC(=O)c4cn5cc(-n6c(C(F)F)nc7ccccc76)nc(N6CCOCC6)c5n4)cc3)cc2CC[C@@H]1C.